The molecule has 2 aliphatic heterocycles. The second kappa shape index (κ2) is 7.44. The van der Waals surface area contributed by atoms with Crippen molar-refractivity contribution < 1.29 is 23.0 Å². The van der Waals surface area contributed by atoms with Gasteiger partial charge in [0, 0.05) is 31.7 Å². The van der Waals surface area contributed by atoms with Gasteiger partial charge in [0.1, 0.15) is 6.04 Å². The molecule has 28 heavy (non-hydrogen) atoms. The summed E-state index contributed by atoms with van der Waals surface area (Å²) in [5, 5.41) is 9.67. The Kier molecular flexibility index (Phi) is 4.84. The van der Waals surface area contributed by atoms with Gasteiger partial charge in [0.15, 0.2) is 23.1 Å². The second-order valence-corrected chi connectivity index (χ2v) is 6.60. The smallest absolute Gasteiger partial charge is 0.254 e. The minimum absolute atomic E-state index is 0.111. The Morgan fingerprint density at radius 2 is 1.75 bits per heavy atom. The Morgan fingerprint density at radius 3 is 2.46 bits per heavy atom. The number of ether oxygens (including phenoxy) is 2. The van der Waals surface area contributed by atoms with E-state index in [9.17, 15) is 18.8 Å². The quantitative estimate of drug-likeness (QED) is 0.813. The van der Waals surface area contributed by atoms with Crippen LogP contribution in [0.3, 0.4) is 0 Å². The van der Waals surface area contributed by atoms with Crippen LogP contribution in [0.15, 0.2) is 36.4 Å². The van der Waals surface area contributed by atoms with Gasteiger partial charge in [-0.05, 0) is 35.9 Å². The van der Waals surface area contributed by atoms with E-state index in [2.05, 4.69) is 6.07 Å². The summed E-state index contributed by atoms with van der Waals surface area (Å²) in [5.41, 5.74) is 0.909. The number of benzene rings is 2. The number of nitriles is 1. The Labute approximate surface area is 160 Å². The minimum atomic E-state index is -1.04. The van der Waals surface area contributed by atoms with Crippen LogP contribution >= 0.6 is 0 Å². The maximum Gasteiger partial charge on any atom is 0.254 e. The lowest BCUT2D eigenvalue weighted by molar-refractivity contribution is 0.0605. The molecule has 0 N–H and O–H groups in total. The van der Waals surface area contributed by atoms with Gasteiger partial charge in [-0.25, -0.2) is 8.78 Å². The summed E-state index contributed by atoms with van der Waals surface area (Å²) < 4.78 is 37.1. The maximum atomic E-state index is 13.4. The third kappa shape index (κ3) is 3.37. The third-order valence-electron chi connectivity index (χ3n) is 4.97. The van der Waals surface area contributed by atoms with Gasteiger partial charge >= 0.3 is 0 Å². The molecule has 1 amide bonds. The van der Waals surface area contributed by atoms with E-state index < -0.39 is 17.7 Å². The molecule has 0 radical (unpaired) electrons. The van der Waals surface area contributed by atoms with Crippen molar-refractivity contribution in [2.24, 2.45) is 0 Å². The number of nitrogens with zero attached hydrogens (tertiary/aromatic N) is 3. The lowest BCUT2D eigenvalue weighted by Crippen LogP contribution is -2.49. The van der Waals surface area contributed by atoms with Gasteiger partial charge in [0.05, 0.1) is 6.07 Å². The van der Waals surface area contributed by atoms with E-state index in [0.717, 1.165) is 17.7 Å². The number of piperazine rings is 1. The third-order valence-corrected chi connectivity index (χ3v) is 4.97. The number of rotatable bonds is 3. The molecule has 2 aliphatic rings. The Morgan fingerprint density at radius 1 is 1.00 bits per heavy atom. The van der Waals surface area contributed by atoms with Gasteiger partial charge in [-0.15, -0.1) is 0 Å². The normalized spacial score (nSPS) is 17.2. The average molecular weight is 385 g/mol. The van der Waals surface area contributed by atoms with Crippen LogP contribution in [-0.2, 0) is 0 Å². The highest BCUT2D eigenvalue weighted by Gasteiger charge is 2.29. The fraction of sp³-hybridized carbons (Fsp3) is 0.300. The molecule has 8 heteroatoms. The Balaban J connectivity index is 1.43. The molecule has 0 aromatic heterocycles. The molecule has 2 aromatic rings. The van der Waals surface area contributed by atoms with Crippen LogP contribution in [0.1, 0.15) is 22.0 Å². The number of halogens is 2. The van der Waals surface area contributed by atoms with Gasteiger partial charge in [-0.3, -0.25) is 9.69 Å². The lowest BCUT2D eigenvalue weighted by atomic mass is 10.0. The van der Waals surface area contributed by atoms with Crippen molar-refractivity contribution in [1.29, 1.82) is 5.26 Å². The van der Waals surface area contributed by atoms with Gasteiger partial charge in [-0.1, -0.05) is 6.07 Å². The van der Waals surface area contributed by atoms with E-state index in [1.54, 1.807) is 17.0 Å². The summed E-state index contributed by atoms with van der Waals surface area (Å²) in [7, 11) is 0. The van der Waals surface area contributed by atoms with Crippen molar-refractivity contribution >= 4 is 5.91 Å². The molecule has 0 saturated carbocycles. The number of amides is 1. The fourth-order valence-electron chi connectivity index (χ4n) is 3.45. The van der Waals surface area contributed by atoms with E-state index in [-0.39, 0.29) is 18.3 Å². The van der Waals surface area contributed by atoms with E-state index in [1.807, 2.05) is 11.0 Å². The van der Waals surface area contributed by atoms with E-state index in [0.29, 0.717) is 37.7 Å². The van der Waals surface area contributed by atoms with Crippen LogP contribution < -0.4 is 9.47 Å². The first-order chi connectivity index (χ1) is 13.6. The first-order valence-electron chi connectivity index (χ1n) is 8.84. The highest BCUT2D eigenvalue weighted by Crippen LogP contribution is 2.35. The summed E-state index contributed by atoms with van der Waals surface area (Å²) in [6, 6.07) is 10.4. The SMILES string of the molecule is N#CC(c1ccc2c(c1)OCO2)N1CCN(C(=O)c2ccc(F)c(F)c2)CC1. The summed E-state index contributed by atoms with van der Waals surface area (Å²) in [4.78, 5) is 16.1. The van der Waals surface area contributed by atoms with E-state index in [4.69, 9.17) is 9.47 Å². The number of hydrogen-bond acceptors (Lipinski definition) is 5. The van der Waals surface area contributed by atoms with Crippen LogP contribution in [0, 0.1) is 23.0 Å². The zero-order chi connectivity index (χ0) is 19.7. The van der Waals surface area contributed by atoms with Crippen molar-refractivity contribution in [3.8, 4) is 17.6 Å². The van der Waals surface area contributed by atoms with E-state index in [1.165, 1.54) is 6.07 Å². The predicted octanol–water partition coefficient (Wildman–Crippen LogP) is 2.72. The molecular weight excluding hydrogens is 368 g/mol. The van der Waals surface area contributed by atoms with Crippen LogP contribution in [0.2, 0.25) is 0 Å². The topological polar surface area (TPSA) is 65.8 Å². The summed E-state index contributed by atoms with van der Waals surface area (Å²) in [6.45, 7) is 1.92. The largest absolute Gasteiger partial charge is 0.454 e. The highest BCUT2D eigenvalue weighted by atomic mass is 19.2. The molecule has 2 aromatic carbocycles. The van der Waals surface area contributed by atoms with Gasteiger partial charge in [0.2, 0.25) is 6.79 Å². The second-order valence-electron chi connectivity index (χ2n) is 6.60. The van der Waals surface area contributed by atoms with E-state index >= 15 is 0 Å². The number of carbonyl (C=O) groups is 1. The standard InChI is InChI=1S/C20H17F2N3O3/c21-15-3-1-14(9-16(15)22)20(26)25-7-5-24(6-8-25)17(11-23)13-2-4-18-19(10-13)28-12-27-18/h1-4,9-10,17H,5-8,12H2. The van der Waals surface area contributed by atoms with Gasteiger partial charge < -0.3 is 14.4 Å². The van der Waals surface area contributed by atoms with Gasteiger partial charge in [-0.2, -0.15) is 5.26 Å². The number of carbonyl (C=O) groups excluding carboxylic acids is 1. The summed E-state index contributed by atoms with van der Waals surface area (Å²) in [6.07, 6.45) is 0. The molecular formula is C20H17F2N3O3. The molecule has 1 atom stereocenters. The first kappa shape index (κ1) is 18.2. The monoisotopic (exact) mass is 385 g/mol. The van der Waals surface area contributed by atoms with Crippen LogP contribution in [-0.4, -0.2) is 48.7 Å². The van der Waals surface area contributed by atoms with Crippen molar-refractivity contribution in [3.05, 3.63) is 59.2 Å². The molecule has 144 valence electrons. The van der Waals surface area contributed by atoms with Crippen molar-refractivity contribution in [1.82, 2.24) is 9.80 Å². The molecule has 2 heterocycles. The predicted molar refractivity (Wildman–Crippen MR) is 94.8 cm³/mol. The van der Waals surface area contributed by atoms with Gasteiger partial charge in [0.25, 0.3) is 5.91 Å². The van der Waals surface area contributed by atoms with Crippen molar-refractivity contribution in [3.63, 3.8) is 0 Å². The minimum Gasteiger partial charge on any atom is -0.454 e. The Hall–Kier alpha value is -3.18. The Bertz CT molecular complexity index is 952. The molecule has 1 unspecified atom stereocenters. The van der Waals surface area contributed by atoms with Crippen LogP contribution in [0.25, 0.3) is 0 Å². The molecule has 1 saturated heterocycles. The van der Waals surface area contributed by atoms with Crippen molar-refractivity contribution in [2.75, 3.05) is 33.0 Å². The van der Waals surface area contributed by atoms with Crippen LogP contribution in [0.4, 0.5) is 8.78 Å². The fourth-order valence-corrected chi connectivity index (χ4v) is 3.45. The molecule has 4 rings (SSSR count). The zero-order valence-corrected chi connectivity index (χ0v) is 14.9. The maximum absolute atomic E-state index is 13.4. The molecule has 1 fully saturated rings. The lowest BCUT2D eigenvalue weighted by Gasteiger charge is -2.37. The first-order valence-corrected chi connectivity index (χ1v) is 8.84. The molecule has 6 nitrogen and oxygen atoms in total. The van der Waals surface area contributed by atoms with Crippen LogP contribution in [0.5, 0.6) is 11.5 Å². The molecule has 0 aliphatic carbocycles. The summed E-state index contributed by atoms with van der Waals surface area (Å²) >= 11 is 0. The highest BCUT2D eigenvalue weighted by molar-refractivity contribution is 5.94. The average Bonchev–Trinajstić information content (AvgIpc) is 3.19. The summed E-state index contributed by atoms with van der Waals surface area (Å²) in [5.74, 6) is -1.11. The van der Waals surface area contributed by atoms with Crippen molar-refractivity contribution in [2.45, 2.75) is 6.04 Å². The number of fused-ring (bicyclic) bond motifs is 1. The molecule has 0 spiro atoms. The molecule has 0 bridgehead atoms. The number of hydrogen-bond donors (Lipinski definition) is 0. The zero-order valence-electron chi connectivity index (χ0n) is 14.9.